The number of pyridine rings is 1. The smallest absolute Gasteiger partial charge is 0.155 e. The third-order valence-electron chi connectivity index (χ3n) is 4.96. The lowest BCUT2D eigenvalue weighted by Gasteiger charge is -2.17. The maximum absolute atomic E-state index is 4.66. The van der Waals surface area contributed by atoms with Gasteiger partial charge in [0.1, 0.15) is 0 Å². The van der Waals surface area contributed by atoms with E-state index in [-0.39, 0.29) is 0 Å². The van der Waals surface area contributed by atoms with Crippen molar-refractivity contribution in [1.82, 2.24) is 19.4 Å². The summed E-state index contributed by atoms with van der Waals surface area (Å²) >= 11 is 0. The summed E-state index contributed by atoms with van der Waals surface area (Å²) in [7, 11) is 4.09. The van der Waals surface area contributed by atoms with Crippen molar-refractivity contribution in [3.8, 4) is 22.5 Å². The molecule has 0 aliphatic carbocycles. The molecule has 28 heavy (non-hydrogen) atoms. The predicted molar refractivity (Wildman–Crippen MR) is 113 cm³/mol. The van der Waals surface area contributed by atoms with Crippen LogP contribution in [0.25, 0.3) is 39.1 Å². The van der Waals surface area contributed by atoms with Gasteiger partial charge < -0.3 is 4.90 Å². The van der Waals surface area contributed by atoms with E-state index in [4.69, 9.17) is 0 Å². The molecule has 0 aliphatic heterocycles. The van der Waals surface area contributed by atoms with Gasteiger partial charge in [0.15, 0.2) is 5.65 Å². The second-order valence-corrected chi connectivity index (χ2v) is 6.97. The molecule has 3 heterocycles. The van der Waals surface area contributed by atoms with Crippen molar-refractivity contribution in [1.29, 1.82) is 0 Å². The Morgan fingerprint density at radius 3 is 2.64 bits per heavy atom. The molecule has 5 aromatic rings. The Labute approximate surface area is 162 Å². The van der Waals surface area contributed by atoms with Gasteiger partial charge in [-0.2, -0.15) is 0 Å². The average molecular weight is 365 g/mol. The Morgan fingerprint density at radius 2 is 1.75 bits per heavy atom. The maximum Gasteiger partial charge on any atom is 0.155 e. The quantitative estimate of drug-likeness (QED) is 0.466. The van der Waals surface area contributed by atoms with Gasteiger partial charge in [-0.05, 0) is 24.3 Å². The number of rotatable bonds is 3. The average Bonchev–Trinajstić information content (AvgIpc) is 3.16. The van der Waals surface area contributed by atoms with Gasteiger partial charge in [0.2, 0.25) is 0 Å². The van der Waals surface area contributed by atoms with E-state index in [1.54, 1.807) is 0 Å². The van der Waals surface area contributed by atoms with Gasteiger partial charge >= 0.3 is 0 Å². The minimum atomic E-state index is 0.826. The highest BCUT2D eigenvalue weighted by Gasteiger charge is 2.12. The van der Waals surface area contributed by atoms with Crippen LogP contribution in [0.5, 0.6) is 0 Å². The van der Waals surface area contributed by atoms with Crippen molar-refractivity contribution >= 4 is 22.2 Å². The Bertz CT molecular complexity index is 1300. The third-order valence-corrected chi connectivity index (χ3v) is 4.96. The first-order valence-corrected chi connectivity index (χ1v) is 9.16. The Morgan fingerprint density at radius 1 is 0.857 bits per heavy atom. The second-order valence-electron chi connectivity index (χ2n) is 6.97. The van der Waals surface area contributed by atoms with Crippen LogP contribution in [0.2, 0.25) is 0 Å². The van der Waals surface area contributed by atoms with Gasteiger partial charge in [-0.15, -0.1) is 0 Å². The molecule has 5 rings (SSSR count). The van der Waals surface area contributed by atoms with Crippen LogP contribution >= 0.6 is 0 Å². The summed E-state index contributed by atoms with van der Waals surface area (Å²) < 4.78 is 2.10. The fraction of sp³-hybridized carbons (Fsp3) is 0.0870. The highest BCUT2D eigenvalue weighted by atomic mass is 15.1. The lowest BCUT2D eigenvalue weighted by molar-refractivity contribution is 1.11. The Hall–Kier alpha value is -3.73. The van der Waals surface area contributed by atoms with Crippen molar-refractivity contribution in [2.24, 2.45) is 0 Å². The monoisotopic (exact) mass is 365 g/mol. The Balaban J connectivity index is 1.68. The molecule has 0 unspecified atom stereocenters. The molecule has 5 heteroatoms. The third kappa shape index (κ3) is 2.68. The fourth-order valence-electron chi connectivity index (χ4n) is 3.56. The molecule has 136 valence electrons. The first kappa shape index (κ1) is 16.4. The number of hydrogen-bond acceptors (Lipinski definition) is 4. The van der Waals surface area contributed by atoms with Crippen LogP contribution in [-0.2, 0) is 0 Å². The number of hydrogen-bond donors (Lipinski definition) is 0. The van der Waals surface area contributed by atoms with Gasteiger partial charge in [-0.3, -0.25) is 14.4 Å². The lowest BCUT2D eigenvalue weighted by atomic mass is 10.1. The normalized spacial score (nSPS) is 11.2. The summed E-state index contributed by atoms with van der Waals surface area (Å²) in [6.45, 7) is 0. The highest BCUT2D eigenvalue weighted by molar-refractivity contribution is 5.84. The molecule has 0 saturated heterocycles. The van der Waals surface area contributed by atoms with Crippen LogP contribution in [0.4, 0.5) is 5.69 Å². The van der Waals surface area contributed by atoms with E-state index in [2.05, 4.69) is 60.8 Å². The van der Waals surface area contributed by atoms with Crippen molar-refractivity contribution in [2.45, 2.75) is 0 Å². The van der Waals surface area contributed by atoms with E-state index in [0.29, 0.717) is 0 Å². The summed E-state index contributed by atoms with van der Waals surface area (Å²) in [6, 6.07) is 18.6. The number of aromatic nitrogens is 4. The van der Waals surface area contributed by atoms with E-state index in [1.807, 2.05) is 57.0 Å². The van der Waals surface area contributed by atoms with Crippen LogP contribution in [-0.4, -0.2) is 33.4 Å². The fourth-order valence-corrected chi connectivity index (χ4v) is 3.56. The molecular weight excluding hydrogens is 346 g/mol. The molecule has 0 N–H and O–H groups in total. The molecular formula is C23H19N5. The zero-order valence-electron chi connectivity index (χ0n) is 15.7. The van der Waals surface area contributed by atoms with E-state index >= 15 is 0 Å². The van der Waals surface area contributed by atoms with Gasteiger partial charge in [0.25, 0.3) is 0 Å². The summed E-state index contributed by atoms with van der Waals surface area (Å²) in [5.41, 5.74) is 7.09. The Kier molecular flexibility index (Phi) is 3.79. The van der Waals surface area contributed by atoms with E-state index in [0.717, 1.165) is 44.8 Å². The minimum absolute atomic E-state index is 0.826. The maximum atomic E-state index is 4.66. The topological polar surface area (TPSA) is 46.3 Å². The van der Waals surface area contributed by atoms with Gasteiger partial charge in [-0.1, -0.05) is 30.3 Å². The molecule has 0 aliphatic rings. The van der Waals surface area contributed by atoms with E-state index in [9.17, 15) is 0 Å². The zero-order valence-corrected chi connectivity index (χ0v) is 15.7. The standard InChI is InChI=1S/C23H19N5/c1-27(2)21-8-4-3-7-18(21)20-15-28-22(13-26-23(28)14-25-20)17-9-10-19-16(12-17)6-5-11-24-19/h3-15H,1-2H3. The largest absolute Gasteiger partial charge is 0.377 e. The summed E-state index contributed by atoms with van der Waals surface area (Å²) in [4.78, 5) is 15.7. The minimum Gasteiger partial charge on any atom is -0.377 e. The number of fused-ring (bicyclic) bond motifs is 2. The predicted octanol–water partition coefficient (Wildman–Crippen LogP) is 4.68. The number of para-hydroxylation sites is 1. The number of benzene rings is 2. The lowest BCUT2D eigenvalue weighted by Crippen LogP contribution is -2.10. The zero-order chi connectivity index (χ0) is 19.1. The molecule has 2 aromatic carbocycles. The number of nitrogens with zero attached hydrogens (tertiary/aromatic N) is 5. The number of anilines is 1. The first-order valence-electron chi connectivity index (χ1n) is 9.16. The molecule has 0 saturated carbocycles. The first-order chi connectivity index (χ1) is 13.7. The van der Waals surface area contributed by atoms with Crippen molar-refractivity contribution < 1.29 is 0 Å². The van der Waals surface area contributed by atoms with E-state index in [1.165, 1.54) is 0 Å². The van der Waals surface area contributed by atoms with Crippen LogP contribution in [0.15, 0.2) is 79.4 Å². The summed E-state index contributed by atoms with van der Waals surface area (Å²) in [5.74, 6) is 0. The van der Waals surface area contributed by atoms with Crippen LogP contribution in [0, 0.1) is 0 Å². The molecule has 3 aromatic heterocycles. The van der Waals surface area contributed by atoms with E-state index < -0.39 is 0 Å². The molecule has 5 nitrogen and oxygen atoms in total. The molecule has 0 radical (unpaired) electrons. The molecule has 0 amide bonds. The summed E-state index contributed by atoms with van der Waals surface area (Å²) in [5, 5.41) is 1.11. The molecule has 0 spiro atoms. The van der Waals surface area contributed by atoms with Crippen LogP contribution in [0.1, 0.15) is 0 Å². The van der Waals surface area contributed by atoms with Crippen LogP contribution in [0.3, 0.4) is 0 Å². The van der Waals surface area contributed by atoms with Crippen molar-refractivity contribution in [2.75, 3.05) is 19.0 Å². The summed E-state index contributed by atoms with van der Waals surface area (Å²) in [6.07, 6.45) is 7.61. The SMILES string of the molecule is CN(C)c1ccccc1-c1cn2c(-c3ccc4ncccc4c3)cnc2cn1. The van der Waals surface area contributed by atoms with Crippen LogP contribution < -0.4 is 4.90 Å². The van der Waals surface area contributed by atoms with Crippen molar-refractivity contribution in [3.63, 3.8) is 0 Å². The molecule has 0 fully saturated rings. The van der Waals surface area contributed by atoms with Gasteiger partial charge in [0.05, 0.1) is 29.3 Å². The van der Waals surface area contributed by atoms with Gasteiger partial charge in [0, 0.05) is 48.7 Å². The second kappa shape index (κ2) is 6.46. The van der Waals surface area contributed by atoms with Crippen molar-refractivity contribution in [3.05, 3.63) is 79.4 Å². The number of imidazole rings is 1. The highest BCUT2D eigenvalue weighted by Crippen LogP contribution is 2.30. The molecule has 0 atom stereocenters. The van der Waals surface area contributed by atoms with Gasteiger partial charge in [-0.25, -0.2) is 4.98 Å². The molecule has 0 bridgehead atoms.